The molecular formula is C18H19NO6. The lowest BCUT2D eigenvalue weighted by atomic mass is 9.99. The zero-order valence-corrected chi connectivity index (χ0v) is 13.3. The molecule has 1 heterocycles. The maximum atomic E-state index is 10.0. The number of benzene rings is 2. The number of fused-ring (bicyclic) bond motifs is 1. The topological polar surface area (TPSA) is 104 Å². The second kappa shape index (κ2) is 7.45. The van der Waals surface area contributed by atoms with Crippen molar-refractivity contribution in [2.24, 2.45) is 0 Å². The van der Waals surface area contributed by atoms with E-state index in [-0.39, 0.29) is 0 Å². The standard InChI is InChI=1S/C18H19NO6/c1-19-17(12-7-6-10-4-2-3-5-11(10)8-12)25-18-16(23)15(22)14(21)13(9-20)24-18/h2-8,13-18,20-23H,9H2. The van der Waals surface area contributed by atoms with Crippen LogP contribution in [0.1, 0.15) is 11.8 Å². The van der Waals surface area contributed by atoms with Crippen molar-refractivity contribution in [3.8, 4) is 0 Å². The summed E-state index contributed by atoms with van der Waals surface area (Å²) in [7, 11) is 0. The van der Waals surface area contributed by atoms with Crippen molar-refractivity contribution in [3.05, 3.63) is 59.4 Å². The van der Waals surface area contributed by atoms with E-state index in [1.807, 2.05) is 36.4 Å². The van der Waals surface area contributed by atoms with Gasteiger partial charge in [0.25, 0.3) is 0 Å². The lowest BCUT2D eigenvalue weighted by molar-refractivity contribution is -0.308. The smallest absolute Gasteiger partial charge is 0.356 e. The van der Waals surface area contributed by atoms with Crippen LogP contribution in [0.4, 0.5) is 0 Å². The van der Waals surface area contributed by atoms with Gasteiger partial charge >= 0.3 is 6.23 Å². The zero-order valence-electron chi connectivity index (χ0n) is 13.3. The maximum absolute atomic E-state index is 10.0. The van der Waals surface area contributed by atoms with Crippen molar-refractivity contribution in [2.75, 3.05) is 6.61 Å². The third-order valence-corrected chi connectivity index (χ3v) is 4.29. The van der Waals surface area contributed by atoms with Gasteiger partial charge in [-0.3, -0.25) is 9.58 Å². The van der Waals surface area contributed by atoms with E-state index in [1.54, 1.807) is 6.07 Å². The predicted molar refractivity (Wildman–Crippen MR) is 88.1 cm³/mol. The molecule has 4 N–H and O–H groups in total. The van der Waals surface area contributed by atoms with Crippen molar-refractivity contribution >= 4 is 10.8 Å². The summed E-state index contributed by atoms with van der Waals surface area (Å²) in [6, 6.07) is 13.1. The summed E-state index contributed by atoms with van der Waals surface area (Å²) in [6.07, 6.45) is -8.04. The molecule has 0 aromatic heterocycles. The van der Waals surface area contributed by atoms with Gasteiger partial charge in [-0.2, -0.15) is 0 Å². The van der Waals surface area contributed by atoms with Gasteiger partial charge < -0.3 is 25.2 Å². The van der Waals surface area contributed by atoms with Crippen LogP contribution in [0.5, 0.6) is 0 Å². The number of rotatable bonds is 4. The summed E-state index contributed by atoms with van der Waals surface area (Å²) in [4.78, 5) is 3.42. The van der Waals surface area contributed by atoms with Crippen molar-refractivity contribution < 1.29 is 29.9 Å². The molecule has 6 unspecified atom stereocenters. The van der Waals surface area contributed by atoms with Crippen molar-refractivity contribution in [1.82, 2.24) is 0 Å². The number of nitrogens with zero attached hydrogens (tertiary/aromatic N) is 1. The third-order valence-electron chi connectivity index (χ3n) is 4.29. The number of ether oxygens (including phenoxy) is 2. The van der Waals surface area contributed by atoms with Crippen LogP contribution >= 0.6 is 0 Å². The highest BCUT2D eigenvalue weighted by atomic mass is 16.7. The maximum Gasteiger partial charge on any atom is 0.356 e. The lowest BCUT2D eigenvalue weighted by Gasteiger charge is -2.39. The molecule has 132 valence electrons. The van der Waals surface area contributed by atoms with Crippen LogP contribution in [-0.2, 0) is 9.47 Å². The largest absolute Gasteiger partial charge is 0.394 e. The van der Waals surface area contributed by atoms with Gasteiger partial charge in [-0.15, -0.1) is 0 Å². The van der Waals surface area contributed by atoms with Gasteiger partial charge in [0.2, 0.25) is 0 Å². The third kappa shape index (κ3) is 3.50. The summed E-state index contributed by atoms with van der Waals surface area (Å²) in [5.74, 6) is 0. The predicted octanol–water partition coefficient (Wildman–Crippen LogP) is 0.574. The normalized spacial score (nSPS) is 30.8. The fourth-order valence-electron chi connectivity index (χ4n) is 2.85. The van der Waals surface area contributed by atoms with Crippen LogP contribution in [0, 0.1) is 6.57 Å². The Bertz CT molecular complexity index is 773. The Morgan fingerprint density at radius 3 is 2.44 bits per heavy atom. The molecule has 0 aliphatic carbocycles. The van der Waals surface area contributed by atoms with E-state index in [0.717, 1.165) is 10.8 Å². The molecule has 0 amide bonds. The Labute approximate surface area is 144 Å². The minimum Gasteiger partial charge on any atom is -0.394 e. The van der Waals surface area contributed by atoms with Crippen LogP contribution in [0.15, 0.2) is 42.5 Å². The molecule has 7 nitrogen and oxygen atoms in total. The molecule has 0 radical (unpaired) electrons. The van der Waals surface area contributed by atoms with Crippen molar-refractivity contribution in [1.29, 1.82) is 0 Å². The van der Waals surface area contributed by atoms with E-state index >= 15 is 0 Å². The van der Waals surface area contributed by atoms with Crippen LogP contribution < -0.4 is 0 Å². The Balaban J connectivity index is 1.82. The molecule has 0 saturated carbocycles. The van der Waals surface area contributed by atoms with Gasteiger partial charge in [0, 0.05) is 0 Å². The van der Waals surface area contributed by atoms with E-state index in [0.29, 0.717) is 5.56 Å². The summed E-state index contributed by atoms with van der Waals surface area (Å²) in [5, 5.41) is 40.8. The quantitative estimate of drug-likeness (QED) is 0.604. The number of aliphatic hydroxyl groups excluding tert-OH is 4. The summed E-state index contributed by atoms with van der Waals surface area (Å²) < 4.78 is 10.8. The Hall–Kier alpha value is -2.05. The van der Waals surface area contributed by atoms with Crippen LogP contribution in [0.3, 0.4) is 0 Å². The molecule has 1 aliphatic heterocycles. The molecular weight excluding hydrogens is 326 g/mol. The van der Waals surface area contributed by atoms with Gasteiger partial charge in [0.15, 0.2) is 6.29 Å². The SMILES string of the molecule is [C-]#[N+]C(OC1OC(CO)C(O)C(O)C1O)c1ccc2ccccc2c1. The molecule has 25 heavy (non-hydrogen) atoms. The minimum atomic E-state index is -1.54. The molecule has 0 bridgehead atoms. The number of aliphatic hydroxyl groups is 4. The summed E-state index contributed by atoms with van der Waals surface area (Å²) in [6.45, 7) is 6.82. The van der Waals surface area contributed by atoms with Crippen LogP contribution in [0.2, 0.25) is 0 Å². The molecule has 1 saturated heterocycles. The van der Waals surface area contributed by atoms with Crippen LogP contribution in [-0.4, -0.2) is 57.7 Å². The second-order valence-corrected chi connectivity index (χ2v) is 5.92. The van der Waals surface area contributed by atoms with Crippen molar-refractivity contribution in [3.63, 3.8) is 0 Å². The second-order valence-electron chi connectivity index (χ2n) is 5.92. The van der Waals surface area contributed by atoms with Gasteiger partial charge in [0.1, 0.15) is 24.4 Å². The van der Waals surface area contributed by atoms with Crippen molar-refractivity contribution in [2.45, 2.75) is 36.9 Å². The van der Waals surface area contributed by atoms with E-state index in [4.69, 9.17) is 16.0 Å². The Kier molecular flexibility index (Phi) is 5.30. The first-order valence-electron chi connectivity index (χ1n) is 7.86. The van der Waals surface area contributed by atoms with Gasteiger partial charge in [-0.1, -0.05) is 30.3 Å². The Morgan fingerprint density at radius 2 is 1.76 bits per heavy atom. The van der Waals surface area contributed by atoms with E-state index < -0.39 is 43.5 Å². The monoisotopic (exact) mass is 345 g/mol. The molecule has 2 aromatic carbocycles. The highest BCUT2D eigenvalue weighted by Crippen LogP contribution is 2.29. The zero-order chi connectivity index (χ0) is 18.0. The first kappa shape index (κ1) is 17.8. The van der Waals surface area contributed by atoms with Gasteiger partial charge in [0.05, 0.1) is 12.2 Å². The average molecular weight is 345 g/mol. The highest BCUT2D eigenvalue weighted by molar-refractivity contribution is 5.83. The molecule has 0 spiro atoms. The minimum absolute atomic E-state index is 0.552. The average Bonchev–Trinajstić information content (AvgIpc) is 2.65. The first-order chi connectivity index (χ1) is 12.0. The summed E-state index contributed by atoms with van der Waals surface area (Å²) >= 11 is 0. The molecule has 2 aromatic rings. The first-order valence-corrected chi connectivity index (χ1v) is 7.86. The molecule has 3 rings (SSSR count). The molecule has 1 aliphatic rings. The lowest BCUT2D eigenvalue weighted by Crippen LogP contribution is -2.59. The molecule has 1 fully saturated rings. The Morgan fingerprint density at radius 1 is 1.04 bits per heavy atom. The number of hydrogen-bond acceptors (Lipinski definition) is 6. The fraction of sp³-hybridized carbons (Fsp3) is 0.389. The summed E-state index contributed by atoms with van der Waals surface area (Å²) in [5.41, 5.74) is 0.575. The highest BCUT2D eigenvalue weighted by Gasteiger charge is 2.45. The molecule has 6 atom stereocenters. The van der Waals surface area contributed by atoms with E-state index in [2.05, 4.69) is 4.85 Å². The fourth-order valence-corrected chi connectivity index (χ4v) is 2.85. The number of hydrogen-bond donors (Lipinski definition) is 4. The van der Waals surface area contributed by atoms with Crippen LogP contribution in [0.25, 0.3) is 15.6 Å². The van der Waals surface area contributed by atoms with E-state index in [9.17, 15) is 20.4 Å². The van der Waals surface area contributed by atoms with E-state index in [1.165, 1.54) is 0 Å². The van der Waals surface area contributed by atoms with Gasteiger partial charge in [-0.05, 0) is 22.9 Å². The molecule has 7 heteroatoms. The van der Waals surface area contributed by atoms with Gasteiger partial charge in [-0.25, -0.2) is 6.57 Å².